The van der Waals surface area contributed by atoms with Crippen molar-refractivity contribution in [3.63, 3.8) is 0 Å². The number of nitrogens with zero attached hydrogens (tertiary/aromatic N) is 3. The molecule has 0 amide bonds. The predicted molar refractivity (Wildman–Crippen MR) is 104 cm³/mol. The topological polar surface area (TPSA) is 39.6 Å². The van der Waals surface area contributed by atoms with Crippen LogP contribution in [0.4, 0.5) is 0 Å². The van der Waals surface area contributed by atoms with E-state index in [1.54, 1.807) is 0 Å². The first-order chi connectivity index (χ1) is 12.8. The van der Waals surface area contributed by atoms with Crippen LogP contribution in [0.3, 0.4) is 0 Å². The molecule has 4 nitrogen and oxygen atoms in total. The van der Waals surface area contributed by atoms with Crippen LogP contribution in [0.5, 0.6) is 0 Å². The van der Waals surface area contributed by atoms with Crippen LogP contribution in [0, 0.1) is 0 Å². The van der Waals surface area contributed by atoms with Crippen molar-refractivity contribution >= 4 is 0 Å². The Morgan fingerprint density at radius 2 is 1.73 bits per heavy atom. The van der Waals surface area contributed by atoms with Gasteiger partial charge in [-0.2, -0.15) is 0 Å². The number of rotatable bonds is 5. The molecule has 1 aromatic carbocycles. The van der Waals surface area contributed by atoms with Crippen molar-refractivity contribution in [1.82, 2.24) is 14.8 Å². The Labute approximate surface area is 156 Å². The predicted octanol–water partition coefficient (Wildman–Crippen LogP) is 2.47. The molecule has 1 saturated heterocycles. The van der Waals surface area contributed by atoms with Crippen molar-refractivity contribution in [3.8, 4) is 0 Å². The first-order valence-electron chi connectivity index (χ1n) is 9.87. The molecule has 4 heteroatoms. The number of piperidine rings is 1. The molecule has 26 heavy (non-hydrogen) atoms. The number of aliphatic hydroxyl groups excluding tert-OH is 1. The van der Waals surface area contributed by atoms with Crippen LogP contribution in [0.25, 0.3) is 0 Å². The van der Waals surface area contributed by atoms with Crippen LogP contribution in [0.2, 0.25) is 0 Å². The summed E-state index contributed by atoms with van der Waals surface area (Å²) in [5, 5.41) is 9.59. The van der Waals surface area contributed by atoms with Gasteiger partial charge in [0.1, 0.15) is 0 Å². The Kier molecular flexibility index (Phi) is 5.34. The summed E-state index contributed by atoms with van der Waals surface area (Å²) < 4.78 is 0. The average Bonchev–Trinajstić information content (AvgIpc) is 2.71. The second-order valence-corrected chi connectivity index (χ2v) is 7.60. The molecule has 0 bridgehead atoms. The Bertz CT molecular complexity index is 710. The number of aromatic nitrogens is 1. The number of β-amino-alcohol motifs (C(OH)–C–C–N with tert-alkyl or cyclic N) is 1. The number of hydrogen-bond donors (Lipinski definition) is 1. The van der Waals surface area contributed by atoms with E-state index in [2.05, 4.69) is 51.2 Å². The first-order valence-corrected chi connectivity index (χ1v) is 9.87. The van der Waals surface area contributed by atoms with Gasteiger partial charge in [0.2, 0.25) is 0 Å². The fraction of sp³-hybridized carbons (Fsp3) is 0.500. The number of aliphatic hydroxyl groups is 1. The minimum absolute atomic E-state index is 0.116. The van der Waals surface area contributed by atoms with E-state index in [9.17, 15) is 5.11 Å². The number of benzene rings is 1. The molecule has 1 spiro atoms. The highest BCUT2D eigenvalue weighted by Gasteiger charge is 2.44. The van der Waals surface area contributed by atoms with Crippen molar-refractivity contribution in [1.29, 1.82) is 0 Å². The van der Waals surface area contributed by atoms with Gasteiger partial charge in [-0.25, -0.2) is 0 Å². The van der Waals surface area contributed by atoms with Gasteiger partial charge < -0.3 is 10.0 Å². The second-order valence-electron chi connectivity index (χ2n) is 7.60. The molecule has 2 aliphatic rings. The summed E-state index contributed by atoms with van der Waals surface area (Å²) in [6, 6.07) is 13.2. The molecule has 1 N–H and O–H groups in total. The molecule has 2 aliphatic heterocycles. The summed E-state index contributed by atoms with van der Waals surface area (Å²) in [7, 11) is 0. The van der Waals surface area contributed by atoms with Crippen LogP contribution in [0.1, 0.15) is 29.5 Å². The van der Waals surface area contributed by atoms with Crippen LogP contribution in [0.15, 0.2) is 48.8 Å². The largest absolute Gasteiger partial charge is 0.395 e. The first kappa shape index (κ1) is 17.7. The van der Waals surface area contributed by atoms with Crippen molar-refractivity contribution in [2.24, 2.45) is 0 Å². The van der Waals surface area contributed by atoms with Gasteiger partial charge in [0.25, 0.3) is 0 Å². The van der Waals surface area contributed by atoms with Crippen molar-refractivity contribution in [3.05, 3.63) is 65.5 Å². The van der Waals surface area contributed by atoms with Gasteiger partial charge in [-0.3, -0.25) is 9.88 Å². The van der Waals surface area contributed by atoms with Crippen LogP contribution in [-0.4, -0.2) is 59.2 Å². The normalized spacial score (nSPS) is 20.2. The third kappa shape index (κ3) is 3.41. The van der Waals surface area contributed by atoms with Crippen molar-refractivity contribution in [2.45, 2.75) is 31.2 Å². The third-order valence-corrected chi connectivity index (χ3v) is 6.29. The van der Waals surface area contributed by atoms with E-state index in [1.807, 2.05) is 12.4 Å². The van der Waals surface area contributed by atoms with Gasteiger partial charge in [0.15, 0.2) is 0 Å². The summed E-state index contributed by atoms with van der Waals surface area (Å²) in [5.74, 6) is 0. The fourth-order valence-electron chi connectivity index (χ4n) is 4.85. The molecule has 0 saturated carbocycles. The van der Waals surface area contributed by atoms with E-state index in [4.69, 9.17) is 0 Å². The zero-order chi connectivity index (χ0) is 17.8. The zero-order valence-electron chi connectivity index (χ0n) is 15.5. The molecule has 0 radical (unpaired) electrons. The molecule has 138 valence electrons. The summed E-state index contributed by atoms with van der Waals surface area (Å²) in [4.78, 5) is 9.25. The lowest BCUT2D eigenvalue weighted by Crippen LogP contribution is -2.57. The van der Waals surface area contributed by atoms with Gasteiger partial charge in [-0.1, -0.05) is 24.3 Å². The minimum atomic E-state index is 0.116. The maximum Gasteiger partial charge on any atom is 0.0558 e. The highest BCUT2D eigenvalue weighted by atomic mass is 16.3. The monoisotopic (exact) mass is 351 g/mol. The maximum absolute atomic E-state index is 9.59. The second kappa shape index (κ2) is 7.87. The van der Waals surface area contributed by atoms with E-state index in [0.717, 1.165) is 58.4 Å². The molecule has 0 unspecified atom stereocenters. The highest BCUT2D eigenvalue weighted by Crippen LogP contribution is 2.43. The highest BCUT2D eigenvalue weighted by molar-refractivity contribution is 5.37. The Hall–Kier alpha value is -1.75. The molecular weight excluding hydrogens is 322 g/mol. The molecule has 1 fully saturated rings. The van der Waals surface area contributed by atoms with E-state index >= 15 is 0 Å². The Morgan fingerprint density at radius 3 is 2.50 bits per heavy atom. The van der Waals surface area contributed by atoms with Crippen LogP contribution >= 0.6 is 0 Å². The fourth-order valence-corrected chi connectivity index (χ4v) is 4.85. The lowest BCUT2D eigenvalue weighted by atomic mass is 9.74. The van der Waals surface area contributed by atoms with E-state index in [1.165, 1.54) is 16.7 Å². The van der Waals surface area contributed by atoms with Crippen LogP contribution in [-0.2, 0) is 18.4 Å². The standard InChI is InChI=1S/C22H29N3O/c26-18-17-25-14-8-20-3-1-2-4-21(20)22(25)9-15-24(16-10-22)13-7-19-5-11-23-12-6-19/h1-6,11-12,26H,7-10,13-18H2. The van der Waals surface area contributed by atoms with Gasteiger partial charge in [0.05, 0.1) is 6.61 Å². The molecule has 4 rings (SSSR count). The van der Waals surface area contributed by atoms with E-state index in [-0.39, 0.29) is 12.1 Å². The molecule has 2 aromatic rings. The maximum atomic E-state index is 9.59. The van der Waals surface area contributed by atoms with Crippen molar-refractivity contribution < 1.29 is 5.11 Å². The van der Waals surface area contributed by atoms with Crippen molar-refractivity contribution in [2.75, 3.05) is 39.3 Å². The van der Waals surface area contributed by atoms with Gasteiger partial charge in [0, 0.05) is 50.7 Å². The van der Waals surface area contributed by atoms with E-state index < -0.39 is 0 Å². The Morgan fingerprint density at radius 1 is 0.962 bits per heavy atom. The van der Waals surface area contributed by atoms with Crippen LogP contribution < -0.4 is 0 Å². The number of fused-ring (bicyclic) bond motifs is 2. The van der Waals surface area contributed by atoms with Gasteiger partial charge >= 0.3 is 0 Å². The van der Waals surface area contributed by atoms with Gasteiger partial charge in [-0.15, -0.1) is 0 Å². The SMILES string of the molecule is OCCN1CCc2ccccc2C12CCN(CCc1ccncc1)CC2. The molecule has 0 atom stereocenters. The number of pyridine rings is 1. The lowest BCUT2D eigenvalue weighted by Gasteiger charge is -2.52. The third-order valence-electron chi connectivity index (χ3n) is 6.29. The Balaban J connectivity index is 1.47. The molecule has 0 aliphatic carbocycles. The van der Waals surface area contributed by atoms with Gasteiger partial charge in [-0.05, 0) is 54.5 Å². The summed E-state index contributed by atoms with van der Waals surface area (Å²) >= 11 is 0. The summed E-state index contributed by atoms with van der Waals surface area (Å²) in [6.07, 6.45) is 8.26. The van der Waals surface area contributed by atoms with E-state index in [0.29, 0.717) is 0 Å². The summed E-state index contributed by atoms with van der Waals surface area (Å²) in [6.45, 7) is 5.46. The zero-order valence-corrected chi connectivity index (χ0v) is 15.5. The number of likely N-dealkylation sites (tertiary alicyclic amines) is 1. The number of hydrogen-bond acceptors (Lipinski definition) is 4. The molecular formula is C22H29N3O. The quantitative estimate of drug-likeness (QED) is 0.898. The summed E-state index contributed by atoms with van der Waals surface area (Å²) in [5.41, 5.74) is 4.50. The minimum Gasteiger partial charge on any atom is -0.395 e. The molecule has 3 heterocycles. The molecule has 1 aromatic heterocycles. The average molecular weight is 351 g/mol. The lowest BCUT2D eigenvalue weighted by molar-refractivity contribution is -0.000392. The smallest absolute Gasteiger partial charge is 0.0558 e.